The standard InChI is InChI=1S/C39H43F3N2O11/c1-36(2,3)52-29(47)14-12-26(20-45)43-35(49)38-18-27-30-31(54-37(53-30)16-24-9-4-5-10-25(24)17-37)33(38)55-44(32(38)34(48)51-27)19-23-8-6-7-22(15-23)11-13-28(46)50-21-39(40,41)42/h4-11,13,15,26-27,30-33,45H,12,14,16-21H2,1-3H3,(H,43,49)/t26-,27+,30-,31-,32-,33+,38-/m0/s1. The van der Waals surface area contributed by atoms with E-state index in [0.717, 1.165) is 17.2 Å². The molecule has 4 fully saturated rings. The number of hydrogen-bond donors (Lipinski definition) is 2. The highest BCUT2D eigenvalue weighted by atomic mass is 19.4. The smallest absolute Gasteiger partial charge is 0.422 e. The average molecular weight is 773 g/mol. The van der Waals surface area contributed by atoms with Gasteiger partial charge in [-0.05, 0) is 55.5 Å². The zero-order chi connectivity index (χ0) is 39.3. The van der Waals surface area contributed by atoms with Gasteiger partial charge in [0.1, 0.15) is 35.4 Å². The quantitative estimate of drug-likeness (QED) is 0.195. The van der Waals surface area contributed by atoms with E-state index in [1.165, 1.54) is 11.1 Å². The van der Waals surface area contributed by atoms with Crippen molar-refractivity contribution in [3.8, 4) is 0 Å². The first-order valence-corrected chi connectivity index (χ1v) is 18.2. The summed E-state index contributed by atoms with van der Waals surface area (Å²) in [5.41, 5.74) is 0.841. The van der Waals surface area contributed by atoms with E-state index in [2.05, 4.69) is 10.1 Å². The fourth-order valence-electron chi connectivity index (χ4n) is 8.31. The van der Waals surface area contributed by atoms with E-state index in [9.17, 15) is 37.5 Å². The minimum atomic E-state index is -4.66. The zero-order valence-electron chi connectivity index (χ0n) is 30.5. The Hall–Kier alpha value is -4.35. The summed E-state index contributed by atoms with van der Waals surface area (Å²) < 4.78 is 66.5. The van der Waals surface area contributed by atoms with Gasteiger partial charge in [0.2, 0.25) is 5.91 Å². The molecule has 5 aliphatic rings. The lowest BCUT2D eigenvalue weighted by Gasteiger charge is -2.49. The Labute approximate surface area is 315 Å². The topological polar surface area (TPSA) is 159 Å². The van der Waals surface area contributed by atoms with Gasteiger partial charge in [0.25, 0.3) is 0 Å². The number of aliphatic hydroxyl groups is 1. The number of rotatable bonds is 11. The molecular weight excluding hydrogens is 729 g/mol. The Bertz CT molecular complexity index is 1840. The molecule has 2 aromatic carbocycles. The second-order valence-corrected chi connectivity index (χ2v) is 15.7. The fraction of sp³-hybridized carbons (Fsp3) is 0.538. The number of nitrogens with one attached hydrogen (secondary N) is 1. The number of alkyl halides is 3. The Kier molecular flexibility index (Phi) is 10.3. The van der Waals surface area contributed by atoms with Gasteiger partial charge in [0.05, 0.1) is 19.2 Å². The number of nitrogens with zero attached hydrogens (tertiary/aromatic N) is 1. The van der Waals surface area contributed by atoms with Crippen LogP contribution in [0.25, 0.3) is 6.08 Å². The summed E-state index contributed by atoms with van der Waals surface area (Å²) in [4.78, 5) is 59.7. The van der Waals surface area contributed by atoms with Crippen LogP contribution < -0.4 is 5.32 Å². The molecule has 3 saturated heterocycles. The lowest BCUT2D eigenvalue weighted by molar-refractivity contribution is -0.217. The van der Waals surface area contributed by atoms with Crippen molar-refractivity contribution >= 4 is 29.9 Å². The number of carbonyl (C=O) groups is 4. The second-order valence-electron chi connectivity index (χ2n) is 15.7. The largest absolute Gasteiger partial charge is 0.460 e. The van der Waals surface area contributed by atoms with E-state index < -0.39 is 96.5 Å². The van der Waals surface area contributed by atoms with E-state index in [0.29, 0.717) is 24.0 Å². The molecule has 1 amide bonds. The highest BCUT2D eigenvalue weighted by Crippen LogP contribution is 2.58. The Morgan fingerprint density at radius 2 is 1.76 bits per heavy atom. The molecule has 296 valence electrons. The lowest BCUT2D eigenvalue weighted by atomic mass is 9.62. The van der Waals surface area contributed by atoms with Crippen molar-refractivity contribution in [1.29, 1.82) is 0 Å². The maximum atomic E-state index is 14.7. The average Bonchev–Trinajstić information content (AvgIpc) is 3.78. The van der Waals surface area contributed by atoms with Crippen LogP contribution in [0.3, 0.4) is 0 Å². The molecule has 55 heavy (non-hydrogen) atoms. The number of aliphatic hydroxyl groups excluding tert-OH is 1. The van der Waals surface area contributed by atoms with Gasteiger partial charge in [-0.3, -0.25) is 19.2 Å². The number of amides is 1. The van der Waals surface area contributed by atoms with Gasteiger partial charge in [-0.1, -0.05) is 48.5 Å². The maximum absolute atomic E-state index is 14.7. The Morgan fingerprint density at radius 3 is 2.44 bits per heavy atom. The van der Waals surface area contributed by atoms with Crippen molar-refractivity contribution in [3.05, 3.63) is 76.9 Å². The van der Waals surface area contributed by atoms with Crippen molar-refractivity contribution < 1.29 is 66.0 Å². The van der Waals surface area contributed by atoms with E-state index in [1.807, 2.05) is 24.3 Å². The van der Waals surface area contributed by atoms with E-state index >= 15 is 0 Å². The molecule has 13 nitrogen and oxygen atoms in total. The second kappa shape index (κ2) is 14.6. The van der Waals surface area contributed by atoms with E-state index in [4.69, 9.17) is 23.8 Å². The number of fused-ring (bicyclic) bond motifs is 5. The highest BCUT2D eigenvalue weighted by molar-refractivity contribution is 5.94. The van der Waals surface area contributed by atoms with Gasteiger partial charge < -0.3 is 34.1 Å². The van der Waals surface area contributed by atoms with Crippen LogP contribution in [0.1, 0.15) is 62.3 Å². The number of hydrogen-bond acceptors (Lipinski definition) is 12. The van der Waals surface area contributed by atoms with E-state index in [1.54, 1.807) is 45.0 Å². The Morgan fingerprint density at radius 1 is 1.05 bits per heavy atom. The summed E-state index contributed by atoms with van der Waals surface area (Å²) in [5, 5.41) is 14.6. The van der Waals surface area contributed by atoms with Crippen LogP contribution in [0.4, 0.5) is 13.2 Å². The Balaban J connectivity index is 1.16. The summed E-state index contributed by atoms with van der Waals surface area (Å²) in [5.74, 6) is -4.04. The number of benzene rings is 2. The van der Waals surface area contributed by atoms with Crippen LogP contribution in [0.15, 0.2) is 54.6 Å². The molecule has 0 radical (unpaired) electrons. The number of halogens is 3. The summed E-state index contributed by atoms with van der Waals surface area (Å²) >= 11 is 0. The first-order valence-electron chi connectivity index (χ1n) is 18.2. The number of hydroxylamine groups is 2. The van der Waals surface area contributed by atoms with Gasteiger partial charge in [-0.15, -0.1) is 0 Å². The molecule has 2 aromatic rings. The lowest BCUT2D eigenvalue weighted by Crippen LogP contribution is -2.70. The van der Waals surface area contributed by atoms with Crippen molar-refractivity contribution in [2.75, 3.05) is 13.2 Å². The third-order valence-corrected chi connectivity index (χ3v) is 10.5. The third kappa shape index (κ3) is 8.01. The SMILES string of the molecule is CC(C)(C)OC(=O)CC[C@@H](CO)NC(=O)[C@@]12C[C@H]3OC(=O)[C@@H]1N(Cc1cccc(C=CC(=O)OCC(F)(F)F)c1)O[C@@H]2[C@H]1OC2(Cc4ccccc4C2)O[C@H]13. The molecule has 16 heteroatoms. The molecule has 7 rings (SSSR count). The number of ether oxygens (including phenoxy) is 5. The maximum Gasteiger partial charge on any atom is 0.422 e. The van der Waals surface area contributed by atoms with E-state index in [-0.39, 0.29) is 25.8 Å². The molecule has 2 bridgehead atoms. The summed E-state index contributed by atoms with van der Waals surface area (Å²) in [6, 6.07) is 12.4. The van der Waals surface area contributed by atoms with Crippen LogP contribution in [0.5, 0.6) is 0 Å². The van der Waals surface area contributed by atoms with Gasteiger partial charge in [0, 0.05) is 31.8 Å². The van der Waals surface area contributed by atoms with Gasteiger partial charge in [-0.25, -0.2) is 4.79 Å². The fourth-order valence-corrected chi connectivity index (χ4v) is 8.31. The third-order valence-electron chi connectivity index (χ3n) is 10.5. The molecule has 1 spiro atoms. The van der Waals surface area contributed by atoms with Crippen molar-refractivity contribution in [2.24, 2.45) is 5.41 Å². The molecule has 2 aliphatic carbocycles. The molecule has 2 N–H and O–H groups in total. The van der Waals surface area contributed by atoms with Crippen LogP contribution in [0, 0.1) is 5.41 Å². The molecule has 0 unspecified atom stereocenters. The normalized spacial score (nSPS) is 28.4. The summed E-state index contributed by atoms with van der Waals surface area (Å²) in [6.45, 7) is 2.95. The number of carbonyl (C=O) groups excluding carboxylic acids is 4. The van der Waals surface area contributed by atoms with Crippen LogP contribution in [0.2, 0.25) is 0 Å². The van der Waals surface area contributed by atoms with Gasteiger partial charge >= 0.3 is 24.1 Å². The van der Waals surface area contributed by atoms with Crippen molar-refractivity contribution in [2.45, 2.75) is 113 Å². The predicted molar refractivity (Wildman–Crippen MR) is 184 cm³/mol. The molecule has 3 aliphatic heterocycles. The molecule has 3 heterocycles. The van der Waals surface area contributed by atoms with Crippen molar-refractivity contribution in [3.63, 3.8) is 0 Å². The van der Waals surface area contributed by atoms with Crippen LogP contribution >= 0.6 is 0 Å². The predicted octanol–water partition coefficient (Wildman–Crippen LogP) is 3.48. The van der Waals surface area contributed by atoms with Gasteiger partial charge in [-0.2, -0.15) is 18.2 Å². The van der Waals surface area contributed by atoms with Gasteiger partial charge in [0.15, 0.2) is 18.4 Å². The molecule has 7 atom stereocenters. The highest BCUT2D eigenvalue weighted by Gasteiger charge is 2.76. The first-order chi connectivity index (χ1) is 26.0. The van der Waals surface area contributed by atoms with Crippen LogP contribution in [-0.2, 0) is 67.1 Å². The van der Waals surface area contributed by atoms with Crippen molar-refractivity contribution in [1.82, 2.24) is 10.4 Å². The molecular formula is C39H43F3N2O11. The molecule has 1 saturated carbocycles. The monoisotopic (exact) mass is 772 g/mol. The summed E-state index contributed by atoms with van der Waals surface area (Å²) in [6.07, 6.45) is -5.09. The number of esters is 3. The minimum absolute atomic E-state index is 0.0248. The minimum Gasteiger partial charge on any atom is -0.460 e. The summed E-state index contributed by atoms with van der Waals surface area (Å²) in [7, 11) is 0. The van der Waals surface area contributed by atoms with Crippen LogP contribution in [-0.4, -0.2) is 101 Å². The molecule has 0 aromatic heterocycles. The zero-order valence-corrected chi connectivity index (χ0v) is 30.5. The first kappa shape index (κ1) is 38.9.